The summed E-state index contributed by atoms with van der Waals surface area (Å²) < 4.78 is 14.2. The fraction of sp³-hybridized carbons (Fsp3) is 0.615. The van der Waals surface area contributed by atoms with Gasteiger partial charge in [0.25, 0.3) is 0 Å². The van der Waals surface area contributed by atoms with Gasteiger partial charge in [-0.15, -0.1) is 0 Å². The molecule has 0 saturated carbocycles. The van der Waals surface area contributed by atoms with Crippen LogP contribution in [0.2, 0.25) is 0 Å². The first-order valence-corrected chi connectivity index (χ1v) is 17.5. The van der Waals surface area contributed by atoms with Gasteiger partial charge in [0, 0.05) is 43.3 Å². The minimum atomic E-state index is -0.120. The highest BCUT2D eigenvalue weighted by Gasteiger charge is 2.11. The minimum Gasteiger partial charge on any atom is -0.383 e. The maximum Gasteiger partial charge on any atom is 0.226 e. The molecule has 2 aromatic rings. The first-order valence-electron chi connectivity index (χ1n) is 17.5. The zero-order chi connectivity index (χ0) is 34.2. The van der Waals surface area contributed by atoms with Crippen LogP contribution in [0.5, 0.6) is 0 Å². The third-order valence-corrected chi connectivity index (χ3v) is 7.68. The van der Waals surface area contributed by atoms with Crippen LogP contribution in [-0.4, -0.2) is 24.0 Å². The average Bonchev–Trinajstić information content (AvgIpc) is 3.03. The molecule has 0 aliphatic carbocycles. The number of carbonyl (C=O) groups is 3. The van der Waals surface area contributed by atoms with Gasteiger partial charge >= 0.3 is 0 Å². The number of carbonyl (C=O) groups excluding carboxylic acids is 3. The van der Waals surface area contributed by atoms with Crippen molar-refractivity contribution in [3.63, 3.8) is 0 Å². The molecular formula is C39H63FN2O3. The number of halogens is 1. The number of ketones is 2. The third kappa shape index (κ3) is 17.9. The molecule has 2 N–H and O–H groups in total. The molecule has 254 valence electrons. The van der Waals surface area contributed by atoms with Crippen molar-refractivity contribution >= 4 is 28.8 Å². The summed E-state index contributed by atoms with van der Waals surface area (Å²) in [6, 6.07) is 11.6. The smallest absolute Gasteiger partial charge is 0.226 e. The van der Waals surface area contributed by atoms with Gasteiger partial charge in [-0.1, -0.05) is 92.5 Å². The molecule has 5 nitrogen and oxygen atoms in total. The number of aryl methyl sites for hydroxylation is 2. The monoisotopic (exact) mass is 626 g/mol. The predicted octanol–water partition coefficient (Wildman–Crippen LogP) is 10.7. The van der Waals surface area contributed by atoms with Crippen molar-refractivity contribution in [2.24, 2.45) is 11.8 Å². The molecule has 6 heteroatoms. The largest absolute Gasteiger partial charge is 0.383 e. The Morgan fingerprint density at radius 3 is 1.84 bits per heavy atom. The summed E-state index contributed by atoms with van der Waals surface area (Å²) in [5.74, 6) is 0.750. The van der Waals surface area contributed by atoms with E-state index in [-0.39, 0.29) is 23.6 Å². The molecule has 0 unspecified atom stereocenters. The van der Waals surface area contributed by atoms with Gasteiger partial charge in [-0.05, 0) is 80.7 Å². The van der Waals surface area contributed by atoms with Gasteiger partial charge in [-0.25, -0.2) is 4.39 Å². The van der Waals surface area contributed by atoms with Crippen LogP contribution >= 0.6 is 0 Å². The maximum atomic E-state index is 14.2. The van der Waals surface area contributed by atoms with Crippen LogP contribution in [0.1, 0.15) is 136 Å². The highest BCUT2D eigenvalue weighted by molar-refractivity contribution is 5.92. The number of amides is 1. The van der Waals surface area contributed by atoms with Gasteiger partial charge in [-0.2, -0.15) is 0 Å². The quantitative estimate of drug-likeness (QED) is 0.152. The molecule has 0 saturated heterocycles. The summed E-state index contributed by atoms with van der Waals surface area (Å²) in [5.41, 5.74) is 4.72. The lowest BCUT2D eigenvalue weighted by atomic mass is 9.98. The number of hydrogen-bond acceptors (Lipinski definition) is 4. The van der Waals surface area contributed by atoms with Crippen molar-refractivity contribution in [2.45, 2.75) is 139 Å². The van der Waals surface area contributed by atoms with Crippen molar-refractivity contribution in [3.05, 3.63) is 58.9 Å². The lowest BCUT2D eigenvalue weighted by molar-refractivity contribution is -0.122. The fourth-order valence-corrected chi connectivity index (χ4v) is 4.61. The van der Waals surface area contributed by atoms with Crippen molar-refractivity contribution in [1.29, 1.82) is 0 Å². The lowest BCUT2D eigenvalue weighted by Gasteiger charge is -2.14. The Morgan fingerprint density at radius 1 is 0.733 bits per heavy atom. The molecular weight excluding hydrogens is 563 g/mol. The molecule has 0 heterocycles. The van der Waals surface area contributed by atoms with Crippen molar-refractivity contribution in [3.8, 4) is 0 Å². The number of Topliss-reactive ketones (excluding diaryl/α,β-unsaturated/α-hetero) is 2. The molecule has 2 aromatic carbocycles. The normalized spacial score (nSPS) is 10.5. The Balaban J connectivity index is 0.000000822. The molecule has 0 atom stereocenters. The van der Waals surface area contributed by atoms with Crippen LogP contribution in [0.25, 0.3) is 0 Å². The summed E-state index contributed by atoms with van der Waals surface area (Å²) >= 11 is 0. The van der Waals surface area contributed by atoms with E-state index in [1.807, 2.05) is 72.7 Å². The van der Waals surface area contributed by atoms with E-state index in [9.17, 15) is 18.8 Å². The summed E-state index contributed by atoms with van der Waals surface area (Å²) in [5, 5.41) is 6.10. The Bertz CT molecular complexity index is 1130. The maximum absolute atomic E-state index is 14.2. The zero-order valence-electron chi connectivity index (χ0n) is 29.9. The van der Waals surface area contributed by atoms with E-state index in [4.69, 9.17) is 0 Å². The van der Waals surface area contributed by atoms with Crippen LogP contribution in [0, 0.1) is 24.6 Å². The van der Waals surface area contributed by atoms with Gasteiger partial charge in [0.15, 0.2) is 0 Å². The van der Waals surface area contributed by atoms with Gasteiger partial charge in [-0.3, -0.25) is 14.4 Å². The molecule has 0 aliphatic heterocycles. The number of rotatable bonds is 19. The average molecular weight is 627 g/mol. The van der Waals surface area contributed by atoms with Crippen LogP contribution in [-0.2, 0) is 27.2 Å². The topological polar surface area (TPSA) is 75.3 Å². The van der Waals surface area contributed by atoms with E-state index in [0.717, 1.165) is 81.1 Å². The molecule has 2 rings (SSSR count). The molecule has 0 spiro atoms. The van der Waals surface area contributed by atoms with Crippen molar-refractivity contribution in [1.82, 2.24) is 0 Å². The number of anilines is 2. The summed E-state index contributed by atoms with van der Waals surface area (Å²) in [6.45, 7) is 18.5. The van der Waals surface area contributed by atoms with E-state index in [1.165, 1.54) is 5.56 Å². The van der Waals surface area contributed by atoms with E-state index in [2.05, 4.69) is 30.5 Å². The Kier molecular flexibility index (Phi) is 23.5. The van der Waals surface area contributed by atoms with Crippen molar-refractivity contribution in [2.75, 3.05) is 17.2 Å². The van der Waals surface area contributed by atoms with E-state index in [0.29, 0.717) is 36.5 Å². The van der Waals surface area contributed by atoms with Crippen LogP contribution in [0.4, 0.5) is 15.8 Å². The number of hydrogen-bond donors (Lipinski definition) is 2. The first-order chi connectivity index (χ1) is 21.5. The number of unbranched alkanes of at least 4 members (excludes halogenated alkanes) is 4. The lowest BCUT2D eigenvalue weighted by Crippen LogP contribution is -2.18. The van der Waals surface area contributed by atoms with Crippen LogP contribution in [0.3, 0.4) is 0 Å². The van der Waals surface area contributed by atoms with E-state index in [1.54, 1.807) is 6.07 Å². The van der Waals surface area contributed by atoms with Crippen LogP contribution in [0.15, 0.2) is 36.4 Å². The molecule has 0 aromatic heterocycles. The van der Waals surface area contributed by atoms with Gasteiger partial charge in [0.05, 0.1) is 5.69 Å². The summed E-state index contributed by atoms with van der Waals surface area (Å²) in [4.78, 5) is 34.6. The Labute approximate surface area is 274 Å². The second-order valence-electron chi connectivity index (χ2n) is 12.1. The molecule has 0 fully saturated rings. The predicted molar refractivity (Wildman–Crippen MR) is 191 cm³/mol. The Morgan fingerprint density at radius 2 is 1.29 bits per heavy atom. The molecule has 0 radical (unpaired) electrons. The van der Waals surface area contributed by atoms with Gasteiger partial charge in [0.2, 0.25) is 5.91 Å². The van der Waals surface area contributed by atoms with Gasteiger partial charge in [0.1, 0.15) is 17.4 Å². The van der Waals surface area contributed by atoms with Crippen LogP contribution < -0.4 is 10.6 Å². The number of nitrogens with one attached hydrogen (secondary N) is 2. The highest BCUT2D eigenvalue weighted by atomic mass is 19.1. The van der Waals surface area contributed by atoms with Crippen molar-refractivity contribution < 1.29 is 18.8 Å². The first kappa shape index (κ1) is 42.0. The number of benzene rings is 2. The summed E-state index contributed by atoms with van der Waals surface area (Å²) in [6.07, 6.45) is 10.7. The third-order valence-electron chi connectivity index (χ3n) is 7.68. The SMILES string of the molecule is CC.CCCNc1cccc(CCCCCC(=O)CC)c1F.Cc1c(CCCCCC(=O)C(C)C)cccc1NC(=O)C(C)C. The minimum absolute atomic E-state index is 0.0171. The molecule has 0 aliphatic rings. The fourth-order valence-electron chi connectivity index (χ4n) is 4.61. The second-order valence-corrected chi connectivity index (χ2v) is 12.1. The van der Waals surface area contributed by atoms with E-state index < -0.39 is 0 Å². The molecule has 45 heavy (non-hydrogen) atoms. The van der Waals surface area contributed by atoms with Gasteiger partial charge < -0.3 is 10.6 Å². The Hall–Kier alpha value is -3.02. The summed E-state index contributed by atoms with van der Waals surface area (Å²) in [7, 11) is 0. The molecule has 0 bridgehead atoms. The van der Waals surface area contributed by atoms with E-state index >= 15 is 0 Å². The standard InChI is InChI=1S/C20H31NO2.C17H26FNO.C2H6/c1-14(2)19(22)13-8-6-7-10-17-11-9-12-18(16(17)5)21-20(23)15(3)4;1-3-13-19-16-12-8-10-14(17(16)18)9-6-5-7-11-15(20)4-2;1-2/h9,11-12,14-15H,6-8,10,13H2,1-5H3,(H,21,23);8,10,12,19H,3-7,9,11,13H2,1-2H3;1-2H3. The second kappa shape index (κ2) is 25.2. The zero-order valence-corrected chi connectivity index (χ0v) is 29.9. The molecule has 1 amide bonds. The highest BCUT2D eigenvalue weighted by Crippen LogP contribution is 2.22.